The smallest absolute Gasteiger partial charge is 0.150 e. The van der Waals surface area contributed by atoms with E-state index < -0.39 is 15.9 Å². The average molecular weight is 282 g/mol. The van der Waals surface area contributed by atoms with Gasteiger partial charge in [0, 0.05) is 6.26 Å². The third-order valence-corrected chi connectivity index (χ3v) is 4.78. The molecule has 0 aromatic heterocycles. The van der Waals surface area contributed by atoms with Gasteiger partial charge in [-0.05, 0) is 29.9 Å². The van der Waals surface area contributed by atoms with Gasteiger partial charge in [0.15, 0.2) is 0 Å². The first-order valence-electron chi connectivity index (χ1n) is 6.91. The van der Waals surface area contributed by atoms with Gasteiger partial charge in [0.2, 0.25) is 0 Å². The van der Waals surface area contributed by atoms with E-state index in [9.17, 15) is 13.5 Å². The average Bonchev–Trinajstić information content (AvgIpc) is 2.38. The van der Waals surface area contributed by atoms with Crippen molar-refractivity contribution in [1.82, 2.24) is 0 Å². The molecule has 4 heteroatoms. The number of aliphatic hydroxyl groups excluding tert-OH is 1. The Bertz CT molecular complexity index is 499. The lowest BCUT2D eigenvalue weighted by Crippen LogP contribution is -2.13. The van der Waals surface area contributed by atoms with Crippen molar-refractivity contribution in [3.63, 3.8) is 0 Å². The SMILES string of the molecule is CS(=O)(=O)CC(O)c1ccc(C2CCCCC2)cc1. The van der Waals surface area contributed by atoms with E-state index in [1.807, 2.05) is 24.3 Å². The summed E-state index contributed by atoms with van der Waals surface area (Å²) in [7, 11) is -3.15. The first-order chi connectivity index (χ1) is 8.96. The summed E-state index contributed by atoms with van der Waals surface area (Å²) in [4.78, 5) is 0. The zero-order valence-corrected chi connectivity index (χ0v) is 12.2. The summed E-state index contributed by atoms with van der Waals surface area (Å²) in [5.74, 6) is 0.422. The van der Waals surface area contributed by atoms with Crippen LogP contribution in [0, 0.1) is 0 Å². The lowest BCUT2D eigenvalue weighted by atomic mass is 9.84. The lowest BCUT2D eigenvalue weighted by Gasteiger charge is -2.22. The molecular weight excluding hydrogens is 260 g/mol. The fraction of sp³-hybridized carbons (Fsp3) is 0.600. The molecule has 0 radical (unpaired) electrons. The highest BCUT2D eigenvalue weighted by molar-refractivity contribution is 7.90. The minimum absolute atomic E-state index is 0.213. The van der Waals surface area contributed by atoms with E-state index in [0.29, 0.717) is 11.5 Å². The molecule has 19 heavy (non-hydrogen) atoms. The van der Waals surface area contributed by atoms with E-state index in [4.69, 9.17) is 0 Å². The molecule has 1 aliphatic rings. The van der Waals surface area contributed by atoms with Gasteiger partial charge in [-0.15, -0.1) is 0 Å². The third-order valence-electron chi connectivity index (χ3n) is 3.86. The van der Waals surface area contributed by atoms with Crippen LogP contribution in [0.3, 0.4) is 0 Å². The number of rotatable bonds is 4. The number of aliphatic hydroxyl groups is 1. The quantitative estimate of drug-likeness (QED) is 0.924. The Kier molecular flexibility index (Phi) is 4.63. The van der Waals surface area contributed by atoms with Crippen LogP contribution in [0.4, 0.5) is 0 Å². The van der Waals surface area contributed by atoms with Crippen molar-refractivity contribution in [1.29, 1.82) is 0 Å². The molecule has 1 aromatic carbocycles. The number of hydrogen-bond donors (Lipinski definition) is 1. The van der Waals surface area contributed by atoms with Crippen LogP contribution in [-0.2, 0) is 9.84 Å². The van der Waals surface area contributed by atoms with Gasteiger partial charge in [0.25, 0.3) is 0 Å². The van der Waals surface area contributed by atoms with Crippen LogP contribution in [0.5, 0.6) is 0 Å². The zero-order valence-electron chi connectivity index (χ0n) is 11.4. The highest BCUT2D eigenvalue weighted by Gasteiger charge is 2.17. The van der Waals surface area contributed by atoms with Gasteiger partial charge in [0.1, 0.15) is 9.84 Å². The van der Waals surface area contributed by atoms with Crippen molar-refractivity contribution in [3.8, 4) is 0 Å². The molecule has 106 valence electrons. The monoisotopic (exact) mass is 282 g/mol. The van der Waals surface area contributed by atoms with Crippen LogP contribution < -0.4 is 0 Å². The van der Waals surface area contributed by atoms with Crippen LogP contribution in [0.2, 0.25) is 0 Å². The third kappa shape index (κ3) is 4.32. The van der Waals surface area contributed by atoms with Crippen molar-refractivity contribution in [2.75, 3.05) is 12.0 Å². The number of benzene rings is 1. The molecule has 0 amide bonds. The maximum Gasteiger partial charge on any atom is 0.150 e. The minimum atomic E-state index is -3.15. The first kappa shape index (κ1) is 14.5. The van der Waals surface area contributed by atoms with Gasteiger partial charge >= 0.3 is 0 Å². The minimum Gasteiger partial charge on any atom is -0.387 e. The highest BCUT2D eigenvalue weighted by atomic mass is 32.2. The summed E-state index contributed by atoms with van der Waals surface area (Å²) < 4.78 is 22.3. The molecule has 0 heterocycles. The fourth-order valence-electron chi connectivity index (χ4n) is 2.81. The summed E-state index contributed by atoms with van der Waals surface area (Å²) in [6.07, 6.45) is 6.63. The van der Waals surface area contributed by atoms with Crippen molar-refractivity contribution >= 4 is 9.84 Å². The molecular formula is C15H22O3S. The van der Waals surface area contributed by atoms with E-state index in [-0.39, 0.29) is 5.75 Å². The molecule has 1 unspecified atom stereocenters. The van der Waals surface area contributed by atoms with Crippen LogP contribution in [0.25, 0.3) is 0 Å². The van der Waals surface area contributed by atoms with E-state index in [0.717, 1.165) is 6.26 Å². The largest absolute Gasteiger partial charge is 0.387 e. The predicted octanol–water partition coefficient (Wildman–Crippen LogP) is 2.81. The standard InChI is InChI=1S/C15H22O3S/c1-19(17,18)11-15(16)14-9-7-13(8-10-14)12-5-3-2-4-6-12/h7-10,12,15-16H,2-6,11H2,1H3. The van der Waals surface area contributed by atoms with Crippen molar-refractivity contribution < 1.29 is 13.5 Å². The van der Waals surface area contributed by atoms with E-state index >= 15 is 0 Å². The maximum absolute atomic E-state index is 11.2. The molecule has 1 atom stereocenters. The Balaban J connectivity index is 2.05. The van der Waals surface area contributed by atoms with Crippen LogP contribution in [0.1, 0.15) is 55.3 Å². The van der Waals surface area contributed by atoms with Crippen molar-refractivity contribution in [2.45, 2.75) is 44.1 Å². The van der Waals surface area contributed by atoms with Crippen LogP contribution in [0.15, 0.2) is 24.3 Å². The number of hydrogen-bond acceptors (Lipinski definition) is 3. The second kappa shape index (κ2) is 6.06. The Morgan fingerprint density at radius 3 is 2.26 bits per heavy atom. The molecule has 1 aromatic rings. The predicted molar refractivity (Wildman–Crippen MR) is 76.9 cm³/mol. The Morgan fingerprint density at radius 2 is 1.74 bits per heavy atom. The van der Waals surface area contributed by atoms with Crippen molar-refractivity contribution in [3.05, 3.63) is 35.4 Å². The molecule has 1 N–H and O–H groups in total. The van der Waals surface area contributed by atoms with E-state index in [1.54, 1.807) is 0 Å². The topological polar surface area (TPSA) is 54.4 Å². The molecule has 0 spiro atoms. The molecule has 0 saturated heterocycles. The molecule has 1 aliphatic carbocycles. The van der Waals surface area contributed by atoms with Crippen LogP contribution >= 0.6 is 0 Å². The second-order valence-electron chi connectivity index (χ2n) is 5.61. The molecule has 3 nitrogen and oxygen atoms in total. The summed E-state index contributed by atoms with van der Waals surface area (Å²) in [5, 5.41) is 9.88. The Morgan fingerprint density at radius 1 is 1.16 bits per heavy atom. The molecule has 2 rings (SSSR count). The summed E-state index contributed by atoms with van der Waals surface area (Å²) in [5.41, 5.74) is 2.00. The Labute approximate surface area is 115 Å². The maximum atomic E-state index is 11.2. The lowest BCUT2D eigenvalue weighted by molar-refractivity contribution is 0.202. The normalized spacial score (nSPS) is 19.3. The summed E-state index contributed by atoms with van der Waals surface area (Å²) in [6, 6.07) is 7.80. The summed E-state index contributed by atoms with van der Waals surface area (Å²) >= 11 is 0. The van der Waals surface area contributed by atoms with Gasteiger partial charge in [-0.3, -0.25) is 0 Å². The van der Waals surface area contributed by atoms with Crippen molar-refractivity contribution in [2.24, 2.45) is 0 Å². The zero-order chi connectivity index (χ0) is 13.9. The van der Waals surface area contributed by atoms with Gasteiger partial charge < -0.3 is 5.11 Å². The van der Waals surface area contributed by atoms with Crippen LogP contribution in [-0.4, -0.2) is 25.5 Å². The summed E-state index contributed by atoms with van der Waals surface area (Å²) in [6.45, 7) is 0. The first-order valence-corrected chi connectivity index (χ1v) is 8.97. The highest BCUT2D eigenvalue weighted by Crippen LogP contribution is 2.33. The second-order valence-corrected chi connectivity index (χ2v) is 7.79. The van der Waals surface area contributed by atoms with Gasteiger partial charge in [-0.1, -0.05) is 43.5 Å². The number of sulfone groups is 1. The molecule has 1 saturated carbocycles. The van der Waals surface area contributed by atoms with E-state index in [1.165, 1.54) is 37.7 Å². The van der Waals surface area contributed by atoms with E-state index in [2.05, 4.69) is 0 Å². The molecule has 0 bridgehead atoms. The molecule has 1 fully saturated rings. The van der Waals surface area contributed by atoms with Gasteiger partial charge in [-0.25, -0.2) is 8.42 Å². The fourth-order valence-corrected chi connectivity index (χ4v) is 3.58. The molecule has 0 aliphatic heterocycles. The van der Waals surface area contributed by atoms with Gasteiger partial charge in [0.05, 0.1) is 11.9 Å². The Hall–Kier alpha value is -0.870. The van der Waals surface area contributed by atoms with Gasteiger partial charge in [-0.2, -0.15) is 0 Å².